The summed E-state index contributed by atoms with van der Waals surface area (Å²) in [4.78, 5) is 0. The molecule has 1 saturated carbocycles. The zero-order chi connectivity index (χ0) is 15.8. The van der Waals surface area contributed by atoms with E-state index in [0.29, 0.717) is 0 Å². The molecule has 1 fully saturated rings. The smallest absolute Gasteiger partial charge is 0.00575 e. The van der Waals surface area contributed by atoms with Crippen LogP contribution in [0.1, 0.15) is 54.4 Å². The minimum atomic E-state index is 0.945. The Morgan fingerprint density at radius 3 is 2.43 bits per heavy atom. The number of allylic oxidation sites excluding steroid dienone is 1. The molecule has 0 bridgehead atoms. The van der Waals surface area contributed by atoms with Gasteiger partial charge in [-0.3, -0.25) is 0 Å². The Balaban J connectivity index is 1.68. The lowest BCUT2D eigenvalue weighted by Crippen LogP contribution is -1.95. The molecule has 4 rings (SSSR count). The van der Waals surface area contributed by atoms with Crippen molar-refractivity contribution in [2.75, 3.05) is 0 Å². The van der Waals surface area contributed by atoms with Crippen LogP contribution in [0, 0.1) is 19.8 Å². The van der Waals surface area contributed by atoms with Crippen LogP contribution in [0.2, 0.25) is 0 Å². The maximum Gasteiger partial charge on any atom is -0.00575 e. The first-order valence-electron chi connectivity index (χ1n) is 9.09. The van der Waals surface area contributed by atoms with Crippen molar-refractivity contribution in [3.63, 3.8) is 0 Å². The van der Waals surface area contributed by atoms with Crippen molar-refractivity contribution in [2.45, 2.75) is 52.4 Å². The molecule has 118 valence electrons. The number of fused-ring (bicyclic) bond motifs is 1. The molecule has 2 aliphatic rings. The first-order chi connectivity index (χ1) is 11.2. The SMILES string of the molecule is Cc1cc(C)cc(-c2cccc3c2C=C(CC2CCCC2)C3)c1. The molecule has 0 spiro atoms. The van der Waals surface area contributed by atoms with Crippen LogP contribution in [-0.4, -0.2) is 0 Å². The van der Waals surface area contributed by atoms with Gasteiger partial charge in [0.1, 0.15) is 0 Å². The van der Waals surface area contributed by atoms with Gasteiger partial charge in [0.2, 0.25) is 0 Å². The van der Waals surface area contributed by atoms with Crippen LogP contribution in [0.25, 0.3) is 17.2 Å². The highest BCUT2D eigenvalue weighted by Crippen LogP contribution is 2.39. The van der Waals surface area contributed by atoms with E-state index >= 15 is 0 Å². The Labute approximate surface area is 140 Å². The highest BCUT2D eigenvalue weighted by atomic mass is 14.3. The summed E-state index contributed by atoms with van der Waals surface area (Å²) >= 11 is 0. The highest BCUT2D eigenvalue weighted by Gasteiger charge is 2.21. The molecule has 0 N–H and O–H groups in total. The van der Waals surface area contributed by atoms with Crippen LogP contribution in [0.5, 0.6) is 0 Å². The summed E-state index contributed by atoms with van der Waals surface area (Å²) in [7, 11) is 0. The number of hydrogen-bond acceptors (Lipinski definition) is 0. The van der Waals surface area contributed by atoms with Crippen LogP contribution in [-0.2, 0) is 6.42 Å². The molecule has 0 aliphatic heterocycles. The summed E-state index contributed by atoms with van der Waals surface area (Å²) in [6.45, 7) is 4.39. The normalized spacial score (nSPS) is 17.4. The van der Waals surface area contributed by atoms with Crippen molar-refractivity contribution in [3.8, 4) is 11.1 Å². The van der Waals surface area contributed by atoms with E-state index < -0.39 is 0 Å². The number of rotatable bonds is 3. The third kappa shape index (κ3) is 3.00. The summed E-state index contributed by atoms with van der Waals surface area (Å²) in [5, 5.41) is 0. The van der Waals surface area contributed by atoms with Crippen LogP contribution >= 0.6 is 0 Å². The fourth-order valence-corrected chi connectivity index (χ4v) is 4.54. The molecule has 0 saturated heterocycles. The van der Waals surface area contributed by atoms with Crippen molar-refractivity contribution in [3.05, 3.63) is 64.2 Å². The van der Waals surface area contributed by atoms with E-state index in [2.05, 4.69) is 56.3 Å². The van der Waals surface area contributed by atoms with Crippen molar-refractivity contribution in [1.82, 2.24) is 0 Å². The number of hydrogen-bond donors (Lipinski definition) is 0. The van der Waals surface area contributed by atoms with E-state index in [1.54, 1.807) is 5.57 Å². The van der Waals surface area contributed by atoms with Crippen LogP contribution in [0.3, 0.4) is 0 Å². The second-order valence-electron chi connectivity index (χ2n) is 7.59. The molecular formula is C23H26. The van der Waals surface area contributed by atoms with E-state index in [0.717, 1.165) is 5.92 Å². The Morgan fingerprint density at radius 1 is 0.957 bits per heavy atom. The van der Waals surface area contributed by atoms with Crippen molar-refractivity contribution in [2.24, 2.45) is 5.92 Å². The lowest BCUT2D eigenvalue weighted by Gasteiger charge is -2.10. The molecule has 0 amide bonds. The van der Waals surface area contributed by atoms with Crippen LogP contribution in [0.15, 0.2) is 42.0 Å². The molecular weight excluding hydrogens is 276 g/mol. The maximum absolute atomic E-state index is 2.50. The fraction of sp³-hybridized carbons (Fsp3) is 0.391. The summed E-state index contributed by atoms with van der Waals surface area (Å²) < 4.78 is 0. The van der Waals surface area contributed by atoms with E-state index in [1.165, 1.54) is 71.9 Å². The van der Waals surface area contributed by atoms with Crippen molar-refractivity contribution >= 4 is 6.08 Å². The molecule has 0 unspecified atom stereocenters. The van der Waals surface area contributed by atoms with Crippen molar-refractivity contribution < 1.29 is 0 Å². The largest absolute Gasteiger partial charge is 0.0649 e. The molecule has 0 nitrogen and oxygen atoms in total. The van der Waals surface area contributed by atoms with Gasteiger partial charge in [-0.2, -0.15) is 0 Å². The van der Waals surface area contributed by atoms with Gasteiger partial charge in [0.05, 0.1) is 0 Å². The molecule has 2 aliphatic carbocycles. The summed E-state index contributed by atoms with van der Waals surface area (Å²) in [5.74, 6) is 0.945. The molecule has 23 heavy (non-hydrogen) atoms. The third-order valence-corrected chi connectivity index (χ3v) is 5.52. The van der Waals surface area contributed by atoms with Crippen LogP contribution < -0.4 is 0 Å². The zero-order valence-electron chi connectivity index (χ0n) is 14.4. The summed E-state index contributed by atoms with van der Waals surface area (Å²) in [6, 6.07) is 13.8. The van der Waals surface area contributed by atoms with E-state index in [9.17, 15) is 0 Å². The highest BCUT2D eigenvalue weighted by molar-refractivity contribution is 5.81. The van der Waals surface area contributed by atoms with Gasteiger partial charge in [0.15, 0.2) is 0 Å². The quantitative estimate of drug-likeness (QED) is 0.608. The van der Waals surface area contributed by atoms with Gasteiger partial charge in [0.25, 0.3) is 0 Å². The Morgan fingerprint density at radius 2 is 1.70 bits per heavy atom. The second kappa shape index (κ2) is 6.00. The van der Waals surface area contributed by atoms with E-state index in [4.69, 9.17) is 0 Å². The van der Waals surface area contributed by atoms with Gasteiger partial charge in [-0.1, -0.05) is 84.9 Å². The monoisotopic (exact) mass is 302 g/mol. The summed E-state index contributed by atoms with van der Waals surface area (Å²) in [6.07, 6.45) is 10.8. The predicted molar refractivity (Wildman–Crippen MR) is 99.6 cm³/mol. The Kier molecular flexibility index (Phi) is 3.85. The Bertz CT molecular complexity index is 737. The van der Waals surface area contributed by atoms with Crippen LogP contribution in [0.4, 0.5) is 0 Å². The molecule has 0 heterocycles. The molecule has 2 aromatic rings. The number of benzene rings is 2. The predicted octanol–water partition coefficient (Wildman–Crippen LogP) is 6.49. The first-order valence-corrected chi connectivity index (χ1v) is 9.09. The summed E-state index contributed by atoms with van der Waals surface area (Å²) in [5.41, 5.74) is 10.1. The lowest BCUT2D eigenvalue weighted by atomic mass is 9.95. The van der Waals surface area contributed by atoms with E-state index in [-0.39, 0.29) is 0 Å². The Hall–Kier alpha value is -1.82. The molecule has 0 atom stereocenters. The van der Waals surface area contributed by atoms with Crippen molar-refractivity contribution in [1.29, 1.82) is 0 Å². The topological polar surface area (TPSA) is 0 Å². The molecule has 0 aromatic heterocycles. The first kappa shape index (κ1) is 14.8. The minimum Gasteiger partial charge on any atom is -0.0649 e. The molecule has 0 heteroatoms. The van der Waals surface area contributed by atoms with Gasteiger partial charge in [-0.15, -0.1) is 0 Å². The lowest BCUT2D eigenvalue weighted by molar-refractivity contribution is 0.541. The van der Waals surface area contributed by atoms with Gasteiger partial charge < -0.3 is 0 Å². The average Bonchev–Trinajstić information content (AvgIpc) is 3.14. The van der Waals surface area contributed by atoms with Gasteiger partial charge >= 0.3 is 0 Å². The van der Waals surface area contributed by atoms with Gasteiger partial charge in [-0.25, -0.2) is 0 Å². The maximum atomic E-state index is 2.50. The zero-order valence-corrected chi connectivity index (χ0v) is 14.4. The third-order valence-electron chi connectivity index (χ3n) is 5.52. The average molecular weight is 302 g/mol. The standard InChI is InChI=1S/C23H26/c1-16-10-17(2)12-21(11-16)22-9-5-8-20-14-19(15-23(20)22)13-18-6-3-4-7-18/h5,8-12,15,18H,3-4,6-7,13-14H2,1-2H3. The molecule has 0 radical (unpaired) electrons. The minimum absolute atomic E-state index is 0.945. The molecule has 2 aromatic carbocycles. The van der Waals surface area contributed by atoms with Gasteiger partial charge in [0, 0.05) is 0 Å². The second-order valence-corrected chi connectivity index (χ2v) is 7.59. The fourth-order valence-electron chi connectivity index (χ4n) is 4.54. The number of aryl methyl sites for hydroxylation is 2. The van der Waals surface area contributed by atoms with Gasteiger partial charge in [-0.05, 0) is 54.9 Å². The van der Waals surface area contributed by atoms with E-state index in [1.807, 2.05) is 0 Å².